The van der Waals surface area contributed by atoms with Gasteiger partial charge in [-0.25, -0.2) is 4.79 Å². The van der Waals surface area contributed by atoms with Gasteiger partial charge in [0.1, 0.15) is 23.0 Å². The van der Waals surface area contributed by atoms with Gasteiger partial charge in [0.25, 0.3) is 0 Å². The number of carboxylic acids is 1. The van der Waals surface area contributed by atoms with E-state index < -0.39 is 23.6 Å². The molecule has 2 N–H and O–H groups in total. The summed E-state index contributed by atoms with van der Waals surface area (Å²) >= 11 is 1.25. The Hall–Kier alpha value is -4.57. The largest absolute Gasteiger partial charge is 0.481 e. The molecule has 0 spiro atoms. The van der Waals surface area contributed by atoms with E-state index in [0.717, 1.165) is 27.0 Å². The average molecular weight is 541 g/mol. The summed E-state index contributed by atoms with van der Waals surface area (Å²) in [5.41, 5.74) is 4.92. The highest BCUT2D eigenvalue weighted by Gasteiger charge is 2.51. The Bertz CT molecular complexity index is 1690. The van der Waals surface area contributed by atoms with Gasteiger partial charge in [0.2, 0.25) is 0 Å². The minimum Gasteiger partial charge on any atom is -0.481 e. The second-order valence-electron chi connectivity index (χ2n) is 9.63. The summed E-state index contributed by atoms with van der Waals surface area (Å²) in [6.07, 6.45) is 0.245. The van der Waals surface area contributed by atoms with Crippen LogP contribution in [0.4, 0.5) is 10.5 Å². The average Bonchev–Trinajstić information content (AvgIpc) is 3.49. The normalized spacial score (nSPS) is 14.6. The number of aliphatic carboxylic acids is 1. The molecule has 2 aromatic heterocycles. The number of nitrogens with one attached hydrogen (secondary N) is 1. The lowest BCUT2D eigenvalue weighted by Gasteiger charge is -2.14. The first-order chi connectivity index (χ1) is 18.9. The number of aryl methyl sites for hydroxylation is 1. The highest BCUT2D eigenvalue weighted by Crippen LogP contribution is 2.49. The van der Waals surface area contributed by atoms with Crippen molar-refractivity contribution in [2.24, 2.45) is 0 Å². The summed E-state index contributed by atoms with van der Waals surface area (Å²) in [6, 6.07) is 20.9. The molecule has 9 nitrogen and oxygen atoms in total. The van der Waals surface area contributed by atoms with Crippen molar-refractivity contribution in [1.82, 2.24) is 14.7 Å². The summed E-state index contributed by atoms with van der Waals surface area (Å²) in [4.78, 5) is 24.5. The van der Waals surface area contributed by atoms with Crippen LogP contribution in [0.15, 0.2) is 71.3 Å². The number of aromatic nitrogens is 3. The van der Waals surface area contributed by atoms with Gasteiger partial charge in [-0.3, -0.25) is 10.1 Å². The van der Waals surface area contributed by atoms with Gasteiger partial charge >= 0.3 is 12.1 Å². The zero-order chi connectivity index (χ0) is 27.1. The first-order valence-electron chi connectivity index (χ1n) is 12.5. The highest BCUT2D eigenvalue weighted by atomic mass is 32.1. The summed E-state index contributed by atoms with van der Waals surface area (Å²) in [5.74, 6) is -0.424. The highest BCUT2D eigenvalue weighted by molar-refractivity contribution is 7.13. The summed E-state index contributed by atoms with van der Waals surface area (Å²) in [6.45, 7) is 3.54. The Morgan fingerprint density at radius 3 is 2.46 bits per heavy atom. The molecule has 1 aliphatic rings. The summed E-state index contributed by atoms with van der Waals surface area (Å²) < 4.78 is 16.2. The van der Waals surface area contributed by atoms with Gasteiger partial charge in [0, 0.05) is 5.56 Å². The van der Waals surface area contributed by atoms with E-state index in [0.29, 0.717) is 41.1 Å². The first kappa shape index (κ1) is 24.7. The van der Waals surface area contributed by atoms with E-state index in [1.165, 1.54) is 11.5 Å². The van der Waals surface area contributed by atoms with Gasteiger partial charge in [-0.05, 0) is 61.0 Å². The fourth-order valence-corrected chi connectivity index (χ4v) is 5.51. The maximum Gasteiger partial charge on any atom is 0.412 e. The van der Waals surface area contributed by atoms with Crippen molar-refractivity contribution < 1.29 is 24.0 Å². The third kappa shape index (κ3) is 4.42. The minimum atomic E-state index is -0.779. The minimum absolute atomic E-state index is 0.355. The molecule has 10 heteroatoms. The maximum atomic E-state index is 12.8. The Balaban J connectivity index is 1.29. The van der Waals surface area contributed by atoms with Crippen molar-refractivity contribution >= 4 is 39.5 Å². The topological polar surface area (TPSA) is 127 Å². The zero-order valence-corrected chi connectivity index (χ0v) is 22.0. The van der Waals surface area contributed by atoms with Gasteiger partial charge in [0.15, 0.2) is 5.76 Å². The monoisotopic (exact) mass is 540 g/mol. The first-order valence-corrected chi connectivity index (χ1v) is 13.2. The van der Waals surface area contributed by atoms with Crippen LogP contribution in [-0.4, -0.2) is 31.9 Å². The van der Waals surface area contributed by atoms with Crippen LogP contribution in [-0.2, 0) is 14.9 Å². The number of hydrogen-bond donors (Lipinski definition) is 2. The van der Waals surface area contributed by atoms with Gasteiger partial charge in [0.05, 0.1) is 15.7 Å². The number of benzene rings is 3. The number of carboxylic acid groups (broad SMARTS) is 1. The van der Waals surface area contributed by atoms with E-state index in [1.54, 1.807) is 13.8 Å². The van der Waals surface area contributed by atoms with E-state index in [-0.39, 0.29) is 0 Å². The Morgan fingerprint density at radius 2 is 1.77 bits per heavy atom. The standard InChI is InChI=1S/C29H24N4O5S/c1-16-23(30-28(36)37-17(2)18-6-4-3-5-7-18)25(38-32-16)22-13-12-21(26-24(22)31-33-39-26)19-8-10-20(11-9-19)29(14-15-29)27(34)35/h3-13,17H,14-15H2,1-2H3,(H,30,36)(H,34,35). The second-order valence-corrected chi connectivity index (χ2v) is 10.4. The SMILES string of the molecule is Cc1noc(-c2ccc(-c3ccc(C4(C(=O)O)CC4)cc3)c3snnc23)c1NC(=O)OC(C)c1ccccc1. The molecule has 0 radical (unpaired) electrons. The van der Waals surface area contributed by atoms with E-state index in [9.17, 15) is 14.7 Å². The molecule has 39 heavy (non-hydrogen) atoms. The number of ether oxygens (including phenoxy) is 1. The fraction of sp³-hybridized carbons (Fsp3) is 0.207. The number of carbonyl (C=O) groups is 2. The Morgan fingerprint density at radius 1 is 1.05 bits per heavy atom. The van der Waals surface area contributed by atoms with E-state index in [1.807, 2.05) is 66.7 Å². The predicted molar refractivity (Wildman–Crippen MR) is 147 cm³/mol. The van der Waals surface area contributed by atoms with Crippen LogP contribution in [0.5, 0.6) is 0 Å². The molecule has 0 bridgehead atoms. The van der Waals surface area contributed by atoms with Crippen LogP contribution in [0, 0.1) is 6.92 Å². The number of anilines is 1. The molecule has 0 aliphatic heterocycles. The molecule has 5 aromatic rings. The van der Waals surface area contributed by atoms with Crippen molar-refractivity contribution in [3.05, 3.63) is 83.6 Å². The number of amides is 1. The van der Waals surface area contributed by atoms with Crippen LogP contribution in [0.1, 0.15) is 42.7 Å². The van der Waals surface area contributed by atoms with Crippen LogP contribution >= 0.6 is 11.5 Å². The Labute approximate surface area is 227 Å². The van der Waals surface area contributed by atoms with E-state index in [4.69, 9.17) is 9.26 Å². The lowest BCUT2D eigenvalue weighted by Crippen LogP contribution is -2.19. The second kappa shape index (κ2) is 9.63. The molecule has 1 amide bonds. The lowest BCUT2D eigenvalue weighted by molar-refractivity contribution is -0.140. The molecule has 1 unspecified atom stereocenters. The molecule has 196 valence electrons. The van der Waals surface area contributed by atoms with Crippen molar-refractivity contribution in [1.29, 1.82) is 0 Å². The van der Waals surface area contributed by atoms with E-state index >= 15 is 0 Å². The fourth-order valence-electron chi connectivity index (χ4n) is 4.78. The smallest absolute Gasteiger partial charge is 0.412 e. The predicted octanol–water partition coefficient (Wildman–Crippen LogP) is 6.75. The quantitative estimate of drug-likeness (QED) is 0.232. The zero-order valence-electron chi connectivity index (χ0n) is 21.2. The van der Waals surface area contributed by atoms with Gasteiger partial charge in [-0.15, -0.1) is 5.10 Å². The molecular weight excluding hydrogens is 516 g/mol. The van der Waals surface area contributed by atoms with Crippen LogP contribution in [0.2, 0.25) is 0 Å². The van der Waals surface area contributed by atoms with Crippen LogP contribution < -0.4 is 5.32 Å². The molecule has 1 atom stereocenters. The van der Waals surface area contributed by atoms with E-state index in [2.05, 4.69) is 20.1 Å². The summed E-state index contributed by atoms with van der Waals surface area (Å²) in [7, 11) is 0. The number of rotatable bonds is 7. The van der Waals surface area contributed by atoms with Crippen molar-refractivity contribution in [2.75, 3.05) is 5.32 Å². The molecule has 1 fully saturated rings. The van der Waals surface area contributed by atoms with Crippen LogP contribution in [0.3, 0.4) is 0 Å². The Kier molecular flexibility index (Phi) is 6.11. The molecule has 1 saturated carbocycles. The molecule has 3 aromatic carbocycles. The number of fused-ring (bicyclic) bond motifs is 1. The number of hydrogen-bond acceptors (Lipinski definition) is 8. The number of carbonyl (C=O) groups excluding carboxylic acids is 1. The van der Waals surface area contributed by atoms with Crippen molar-refractivity contribution in [3.63, 3.8) is 0 Å². The van der Waals surface area contributed by atoms with Crippen molar-refractivity contribution in [3.8, 4) is 22.5 Å². The summed E-state index contributed by atoms with van der Waals surface area (Å²) in [5, 5.41) is 20.8. The lowest BCUT2D eigenvalue weighted by atomic mass is 9.93. The molecule has 2 heterocycles. The third-order valence-electron chi connectivity index (χ3n) is 7.20. The van der Waals surface area contributed by atoms with Gasteiger partial charge < -0.3 is 14.4 Å². The van der Waals surface area contributed by atoms with Crippen molar-refractivity contribution in [2.45, 2.75) is 38.2 Å². The van der Waals surface area contributed by atoms with Crippen LogP contribution in [0.25, 0.3) is 32.7 Å². The van der Waals surface area contributed by atoms with Gasteiger partial charge in [-0.2, -0.15) is 0 Å². The van der Waals surface area contributed by atoms with Gasteiger partial charge in [-0.1, -0.05) is 70.3 Å². The third-order valence-corrected chi connectivity index (χ3v) is 7.96. The molecule has 0 saturated heterocycles. The molecule has 1 aliphatic carbocycles. The molecular formula is C29H24N4O5S. The maximum absolute atomic E-state index is 12.8. The molecule has 6 rings (SSSR count). The number of nitrogens with zero attached hydrogens (tertiary/aromatic N) is 3.